The van der Waals surface area contributed by atoms with Crippen LogP contribution in [0.3, 0.4) is 0 Å². The molecule has 1 aromatic carbocycles. The van der Waals surface area contributed by atoms with Crippen molar-refractivity contribution in [1.29, 1.82) is 0 Å². The smallest absolute Gasteiger partial charge is 0.325 e. The summed E-state index contributed by atoms with van der Waals surface area (Å²) in [6.07, 6.45) is 2.25. The molecule has 0 bridgehead atoms. The monoisotopic (exact) mass is 312 g/mol. The first-order chi connectivity index (χ1) is 9.69. The fourth-order valence-corrected chi connectivity index (χ4v) is 2.34. The summed E-state index contributed by atoms with van der Waals surface area (Å²) >= 11 is 0. The van der Waals surface area contributed by atoms with Crippen molar-refractivity contribution < 1.29 is 14.3 Å². The number of benzene rings is 1. The lowest BCUT2D eigenvalue weighted by molar-refractivity contribution is -0.139. The molecule has 2 rings (SSSR count). The minimum absolute atomic E-state index is 0. The molecule has 1 aromatic rings. The second-order valence-corrected chi connectivity index (χ2v) is 5.02. The van der Waals surface area contributed by atoms with Gasteiger partial charge in [0.1, 0.15) is 6.54 Å². The van der Waals surface area contributed by atoms with Crippen LogP contribution >= 0.6 is 12.4 Å². The Morgan fingerprint density at radius 2 is 2.05 bits per heavy atom. The van der Waals surface area contributed by atoms with E-state index in [0.29, 0.717) is 11.5 Å². The number of methoxy groups -OCH3 is 1. The molecule has 1 fully saturated rings. The maximum atomic E-state index is 11.8. The van der Waals surface area contributed by atoms with Crippen molar-refractivity contribution in [2.75, 3.05) is 26.7 Å². The normalized spacial score (nSPS) is 16.9. The third kappa shape index (κ3) is 5.36. The molecular weight excluding hydrogens is 292 g/mol. The zero-order valence-electron chi connectivity index (χ0n) is 12.1. The summed E-state index contributed by atoms with van der Waals surface area (Å²) in [4.78, 5) is 22.7. The molecule has 5 nitrogen and oxygen atoms in total. The average molecular weight is 313 g/mol. The van der Waals surface area contributed by atoms with Crippen LogP contribution in [0.4, 0.5) is 0 Å². The molecule has 0 radical (unpaired) electrons. The van der Waals surface area contributed by atoms with Gasteiger partial charge in [0.05, 0.1) is 7.11 Å². The lowest BCUT2D eigenvalue weighted by atomic mass is 9.98. The van der Waals surface area contributed by atoms with Gasteiger partial charge in [-0.05, 0) is 49.5 Å². The maximum Gasteiger partial charge on any atom is 0.325 e. The Kier molecular flexibility index (Phi) is 7.19. The van der Waals surface area contributed by atoms with Crippen LogP contribution in [0.5, 0.6) is 0 Å². The first kappa shape index (κ1) is 17.5. The van der Waals surface area contributed by atoms with E-state index in [1.54, 1.807) is 12.1 Å². The molecule has 0 saturated carbocycles. The third-order valence-corrected chi connectivity index (χ3v) is 3.52. The van der Waals surface area contributed by atoms with Crippen LogP contribution in [0.1, 0.15) is 22.3 Å². The van der Waals surface area contributed by atoms with Crippen LogP contribution in [0.2, 0.25) is 0 Å². The largest absolute Gasteiger partial charge is 0.468 e. The number of rotatable bonds is 5. The Hall–Kier alpha value is -1.59. The van der Waals surface area contributed by atoms with Gasteiger partial charge >= 0.3 is 5.97 Å². The van der Waals surface area contributed by atoms with Gasteiger partial charge in [-0.1, -0.05) is 12.1 Å². The van der Waals surface area contributed by atoms with E-state index >= 15 is 0 Å². The highest BCUT2D eigenvalue weighted by molar-refractivity contribution is 5.95. The van der Waals surface area contributed by atoms with E-state index in [2.05, 4.69) is 15.4 Å². The number of carbonyl (C=O) groups is 2. The molecule has 1 saturated heterocycles. The van der Waals surface area contributed by atoms with Gasteiger partial charge in [-0.15, -0.1) is 12.4 Å². The second-order valence-electron chi connectivity index (χ2n) is 5.02. The molecule has 1 amide bonds. The molecule has 1 aliphatic heterocycles. The lowest BCUT2D eigenvalue weighted by Crippen LogP contribution is -2.30. The number of hydrogen-bond acceptors (Lipinski definition) is 4. The van der Waals surface area contributed by atoms with Crippen molar-refractivity contribution in [2.24, 2.45) is 5.92 Å². The van der Waals surface area contributed by atoms with E-state index in [4.69, 9.17) is 0 Å². The van der Waals surface area contributed by atoms with Crippen LogP contribution in [-0.4, -0.2) is 38.6 Å². The fraction of sp³-hybridized carbons (Fsp3) is 0.467. The van der Waals surface area contributed by atoms with Gasteiger partial charge in [-0.25, -0.2) is 0 Å². The third-order valence-electron chi connectivity index (χ3n) is 3.52. The van der Waals surface area contributed by atoms with Crippen molar-refractivity contribution in [3.8, 4) is 0 Å². The summed E-state index contributed by atoms with van der Waals surface area (Å²) in [6.45, 7) is 2.06. The molecule has 21 heavy (non-hydrogen) atoms. The van der Waals surface area contributed by atoms with Crippen molar-refractivity contribution in [3.05, 3.63) is 35.4 Å². The number of nitrogens with one attached hydrogen (secondary N) is 2. The number of hydrogen-bond donors (Lipinski definition) is 2. The highest BCUT2D eigenvalue weighted by atomic mass is 35.5. The minimum Gasteiger partial charge on any atom is -0.468 e. The zero-order chi connectivity index (χ0) is 14.4. The molecule has 2 N–H and O–H groups in total. The maximum absolute atomic E-state index is 11.8. The second kappa shape index (κ2) is 8.64. The summed E-state index contributed by atoms with van der Waals surface area (Å²) in [5, 5.41) is 5.87. The molecule has 116 valence electrons. The number of amides is 1. The van der Waals surface area contributed by atoms with Crippen molar-refractivity contribution in [1.82, 2.24) is 10.6 Å². The van der Waals surface area contributed by atoms with Gasteiger partial charge in [0.15, 0.2) is 0 Å². The molecule has 0 aliphatic carbocycles. The van der Waals surface area contributed by atoms with Crippen LogP contribution in [0.25, 0.3) is 0 Å². The van der Waals surface area contributed by atoms with Gasteiger partial charge in [-0.3, -0.25) is 9.59 Å². The Bertz CT molecular complexity index is 470. The Balaban J connectivity index is 0.00000220. The van der Waals surface area contributed by atoms with Gasteiger partial charge < -0.3 is 15.4 Å². The van der Waals surface area contributed by atoms with Gasteiger partial charge in [0, 0.05) is 5.56 Å². The van der Waals surface area contributed by atoms with Gasteiger partial charge in [-0.2, -0.15) is 0 Å². The molecule has 1 aliphatic rings. The Morgan fingerprint density at radius 3 is 2.62 bits per heavy atom. The van der Waals surface area contributed by atoms with Gasteiger partial charge in [0.2, 0.25) is 0 Å². The highest BCUT2D eigenvalue weighted by Crippen LogP contribution is 2.15. The van der Waals surface area contributed by atoms with E-state index in [9.17, 15) is 9.59 Å². The number of halogens is 1. The summed E-state index contributed by atoms with van der Waals surface area (Å²) in [5.41, 5.74) is 1.80. The summed E-state index contributed by atoms with van der Waals surface area (Å²) in [5.74, 6) is -0.0258. The average Bonchev–Trinajstić information content (AvgIpc) is 2.98. The van der Waals surface area contributed by atoms with Crippen LogP contribution in [0.15, 0.2) is 24.3 Å². The topological polar surface area (TPSA) is 67.4 Å². The number of ether oxygens (including phenoxy) is 1. The van der Waals surface area contributed by atoms with Crippen molar-refractivity contribution in [2.45, 2.75) is 12.8 Å². The first-order valence-corrected chi connectivity index (χ1v) is 6.83. The Labute approximate surface area is 130 Å². The molecule has 1 heterocycles. The van der Waals surface area contributed by atoms with E-state index in [-0.39, 0.29) is 24.9 Å². The van der Waals surface area contributed by atoms with Gasteiger partial charge in [0.25, 0.3) is 5.91 Å². The lowest BCUT2D eigenvalue weighted by Gasteiger charge is -2.09. The molecule has 1 unspecified atom stereocenters. The summed E-state index contributed by atoms with van der Waals surface area (Å²) in [6, 6.07) is 7.55. The predicted octanol–water partition coefficient (Wildman–Crippen LogP) is 1.16. The van der Waals surface area contributed by atoms with E-state index in [0.717, 1.165) is 19.5 Å². The summed E-state index contributed by atoms with van der Waals surface area (Å²) < 4.78 is 4.47. The first-order valence-electron chi connectivity index (χ1n) is 6.83. The van der Waals surface area contributed by atoms with Crippen LogP contribution < -0.4 is 10.6 Å². The van der Waals surface area contributed by atoms with Crippen molar-refractivity contribution >= 4 is 24.3 Å². The highest BCUT2D eigenvalue weighted by Gasteiger charge is 2.15. The van der Waals surface area contributed by atoms with E-state index in [1.165, 1.54) is 19.1 Å². The molecular formula is C15H21ClN2O3. The molecule has 0 aromatic heterocycles. The fourth-order valence-electron chi connectivity index (χ4n) is 2.34. The quantitative estimate of drug-likeness (QED) is 0.801. The minimum atomic E-state index is -0.455. The zero-order valence-corrected chi connectivity index (χ0v) is 12.9. The number of esters is 1. The van der Waals surface area contributed by atoms with Crippen LogP contribution in [0, 0.1) is 5.92 Å². The number of carbonyl (C=O) groups excluding carboxylic acids is 2. The van der Waals surface area contributed by atoms with Crippen LogP contribution in [-0.2, 0) is 16.0 Å². The SMILES string of the molecule is COC(=O)CNC(=O)c1ccc(CC2CCNC2)cc1.Cl. The summed E-state index contributed by atoms with van der Waals surface area (Å²) in [7, 11) is 1.29. The van der Waals surface area contributed by atoms with Crippen molar-refractivity contribution in [3.63, 3.8) is 0 Å². The Morgan fingerprint density at radius 1 is 1.33 bits per heavy atom. The molecule has 6 heteroatoms. The molecule has 1 atom stereocenters. The standard InChI is InChI=1S/C15H20N2O3.ClH/c1-20-14(18)10-17-15(19)13-4-2-11(3-5-13)8-12-6-7-16-9-12;/h2-5,12,16H,6-10H2,1H3,(H,17,19);1H. The van der Waals surface area contributed by atoms with E-state index in [1.807, 2.05) is 12.1 Å². The molecule has 0 spiro atoms. The van der Waals surface area contributed by atoms with E-state index < -0.39 is 5.97 Å². The predicted molar refractivity (Wildman–Crippen MR) is 82.7 cm³/mol.